The molecule has 0 bridgehead atoms. The number of nitrogens with one attached hydrogen (secondary N) is 1. The third kappa shape index (κ3) is 8.96. The van der Waals surface area contributed by atoms with E-state index in [2.05, 4.69) is 25.3 Å². The standard InChI is InChI=1S/C48H53F4N11O6/c1-56(23-31-18-36(48(50,51)52)40-26-61(46(68)62(40)25-31)33-5-3-4-32(19-33)47(27-69-28-47)22-41-55-53-29-57(41)2)12-13-58-10-8-30(9-11-58)24-59-14-16-60(17-15-59)39-21-35-34(20-37(39)49)44(66)63(45(35)67)38-6-7-42(64)54-43(38)65/h3-5,18-21,25-26,29-30,38H,6-17,22-24,27-28H2,1-2H3,(H,54,64,65). The second-order valence-electron chi connectivity index (χ2n) is 19.3. The number of likely N-dealkylation sites (N-methyl/N-ethyl adjacent to an activating group) is 1. The Kier molecular flexibility index (Phi) is 12.3. The largest absolute Gasteiger partial charge is 0.418 e. The summed E-state index contributed by atoms with van der Waals surface area (Å²) in [5.74, 6) is -2.00. The van der Waals surface area contributed by atoms with E-state index in [0.717, 1.165) is 71.8 Å². The number of nitrogens with zero attached hydrogens (tertiary/aromatic N) is 10. The Bertz CT molecular complexity index is 2890. The molecule has 0 radical (unpaired) electrons. The highest BCUT2D eigenvalue weighted by Gasteiger charge is 2.46. The molecule has 10 rings (SSSR count). The molecule has 1 unspecified atom stereocenters. The Morgan fingerprint density at radius 2 is 1.64 bits per heavy atom. The van der Waals surface area contributed by atoms with Gasteiger partial charge in [0.15, 0.2) is 0 Å². The second kappa shape index (κ2) is 18.2. The van der Waals surface area contributed by atoms with Gasteiger partial charge >= 0.3 is 11.9 Å². The summed E-state index contributed by atoms with van der Waals surface area (Å²) < 4.78 is 69.3. The van der Waals surface area contributed by atoms with Gasteiger partial charge in [0, 0.05) is 90.1 Å². The third-order valence-corrected chi connectivity index (χ3v) is 14.6. The highest BCUT2D eigenvalue weighted by molar-refractivity contribution is 6.23. The maximum absolute atomic E-state index is 15.5. The fourth-order valence-electron chi connectivity index (χ4n) is 10.6. The lowest BCUT2D eigenvalue weighted by Crippen LogP contribution is -2.54. The number of benzene rings is 2. The van der Waals surface area contributed by atoms with Crippen molar-refractivity contribution in [1.29, 1.82) is 0 Å². The smallest absolute Gasteiger partial charge is 0.379 e. The zero-order chi connectivity index (χ0) is 48.4. The van der Waals surface area contributed by atoms with Crippen LogP contribution in [-0.2, 0) is 45.9 Å². The molecule has 1 atom stereocenters. The van der Waals surface area contributed by atoms with Crippen LogP contribution in [0, 0.1) is 11.7 Å². The number of aryl methyl sites for hydroxylation is 1. The molecule has 5 aliphatic rings. The van der Waals surface area contributed by atoms with Crippen molar-refractivity contribution in [3.63, 3.8) is 0 Å². The normalized spacial score (nSPS) is 20.6. The van der Waals surface area contributed by atoms with Gasteiger partial charge in [0.25, 0.3) is 11.8 Å². The first-order chi connectivity index (χ1) is 33.0. The molecule has 21 heteroatoms. The molecule has 1 N–H and O–H groups in total. The number of ether oxygens (including phenoxy) is 1. The van der Waals surface area contributed by atoms with Crippen LogP contribution in [0.4, 0.5) is 23.2 Å². The van der Waals surface area contributed by atoms with Gasteiger partial charge in [-0.3, -0.25) is 43.3 Å². The summed E-state index contributed by atoms with van der Waals surface area (Å²) in [7, 11) is 3.73. The Morgan fingerprint density at radius 3 is 2.30 bits per heavy atom. The van der Waals surface area contributed by atoms with E-state index in [9.17, 15) is 37.1 Å². The minimum atomic E-state index is -4.70. The number of fused-ring (bicyclic) bond motifs is 2. The van der Waals surface area contributed by atoms with E-state index in [-0.39, 0.29) is 41.7 Å². The van der Waals surface area contributed by atoms with Crippen molar-refractivity contribution in [3.8, 4) is 5.69 Å². The first-order valence-electron chi connectivity index (χ1n) is 23.3. The highest BCUT2D eigenvalue weighted by Crippen LogP contribution is 2.38. The number of carbonyl (C=O) groups excluding carboxylic acids is 4. The SMILES string of the molecule is CN(CCN1CCC(CN2CCN(c3cc4c(cc3F)C(=O)N(C3CCC(=O)NC3=O)C4=O)CC2)CC1)Cc1cc(C(F)(F)F)c2cn(-c3cccc(C4(Cc5nncn5C)COC4)c3)c(=O)n2c1. The molecule has 8 heterocycles. The molecule has 17 nitrogen and oxygen atoms in total. The first kappa shape index (κ1) is 46.4. The number of imide groups is 2. The number of alkyl halides is 3. The molecule has 5 aromatic rings. The lowest BCUT2D eigenvalue weighted by molar-refractivity contribution is -0.137. The second-order valence-corrected chi connectivity index (χ2v) is 19.3. The van der Waals surface area contributed by atoms with E-state index in [1.165, 1.54) is 23.0 Å². The van der Waals surface area contributed by atoms with Crippen LogP contribution < -0.4 is 15.9 Å². The summed E-state index contributed by atoms with van der Waals surface area (Å²) in [5.41, 5.74) is -0.199. The van der Waals surface area contributed by atoms with Crippen molar-refractivity contribution in [2.45, 2.75) is 56.3 Å². The fourth-order valence-corrected chi connectivity index (χ4v) is 10.6. The van der Waals surface area contributed by atoms with E-state index >= 15 is 4.39 Å². The van der Waals surface area contributed by atoms with Crippen molar-refractivity contribution in [2.24, 2.45) is 13.0 Å². The zero-order valence-corrected chi connectivity index (χ0v) is 38.4. The van der Waals surface area contributed by atoms with Crippen molar-refractivity contribution in [1.82, 2.24) is 48.6 Å². The van der Waals surface area contributed by atoms with Crippen molar-refractivity contribution in [3.05, 3.63) is 111 Å². The minimum Gasteiger partial charge on any atom is -0.379 e. The molecule has 5 aliphatic heterocycles. The van der Waals surface area contributed by atoms with Gasteiger partial charge in [-0.15, -0.1) is 10.2 Å². The van der Waals surface area contributed by atoms with Crippen molar-refractivity contribution >= 4 is 34.8 Å². The number of piperidine rings is 2. The van der Waals surface area contributed by atoms with E-state index in [0.29, 0.717) is 69.5 Å². The number of hydrogen-bond donors (Lipinski definition) is 1. The molecule has 364 valence electrons. The van der Waals surface area contributed by atoms with E-state index in [4.69, 9.17) is 4.74 Å². The summed E-state index contributed by atoms with van der Waals surface area (Å²) >= 11 is 0. The number of aromatic nitrogens is 5. The third-order valence-electron chi connectivity index (χ3n) is 14.6. The Hall–Kier alpha value is -6.29. The predicted octanol–water partition coefficient (Wildman–Crippen LogP) is 3.25. The number of carbonyl (C=O) groups is 4. The lowest BCUT2D eigenvalue weighted by atomic mass is 9.75. The van der Waals surface area contributed by atoms with E-state index < -0.39 is 58.3 Å². The molecule has 0 spiro atoms. The Balaban J connectivity index is 0.719. The topological polar surface area (TPSA) is 163 Å². The van der Waals surface area contributed by atoms with Crippen molar-refractivity contribution in [2.75, 3.05) is 84.1 Å². The Morgan fingerprint density at radius 1 is 0.899 bits per heavy atom. The lowest BCUT2D eigenvalue weighted by Gasteiger charge is -2.41. The maximum atomic E-state index is 15.5. The molecule has 4 amide bonds. The number of anilines is 1. The predicted molar refractivity (Wildman–Crippen MR) is 242 cm³/mol. The summed E-state index contributed by atoms with van der Waals surface area (Å²) in [4.78, 5) is 73.9. The first-order valence-corrected chi connectivity index (χ1v) is 23.3. The molecule has 0 saturated carbocycles. The van der Waals surface area contributed by atoms with Crippen molar-refractivity contribution < 1.29 is 41.5 Å². The highest BCUT2D eigenvalue weighted by atomic mass is 19.4. The number of halogens is 4. The fraction of sp³-hybridized carbons (Fsp3) is 0.479. The molecule has 0 aliphatic carbocycles. The minimum absolute atomic E-state index is 0.00463. The number of rotatable bonds is 13. The van der Waals surface area contributed by atoms with Gasteiger partial charge in [-0.2, -0.15) is 13.2 Å². The molecule has 4 fully saturated rings. The monoisotopic (exact) mass is 955 g/mol. The quantitative estimate of drug-likeness (QED) is 0.136. The number of piperazine rings is 1. The molecular weight excluding hydrogens is 903 g/mol. The number of pyridine rings is 1. The maximum Gasteiger partial charge on any atom is 0.418 e. The van der Waals surface area contributed by atoms with Gasteiger partial charge in [-0.25, -0.2) is 9.18 Å². The molecule has 3 aromatic heterocycles. The zero-order valence-electron chi connectivity index (χ0n) is 38.4. The average molecular weight is 956 g/mol. The average Bonchev–Trinajstić information content (AvgIpc) is 3.95. The molecular formula is C48H53F4N11O6. The van der Waals surface area contributed by atoms with Gasteiger partial charge in [0.1, 0.15) is 24.0 Å². The van der Waals surface area contributed by atoms with Crippen LogP contribution in [0.5, 0.6) is 0 Å². The van der Waals surface area contributed by atoms with Gasteiger partial charge < -0.3 is 24.0 Å². The summed E-state index contributed by atoms with van der Waals surface area (Å²) in [6.07, 6.45) is 2.23. The van der Waals surface area contributed by atoms with Gasteiger partial charge in [-0.1, -0.05) is 12.1 Å². The molecule has 4 saturated heterocycles. The van der Waals surface area contributed by atoms with Gasteiger partial charge in [-0.05, 0) is 86.8 Å². The summed E-state index contributed by atoms with van der Waals surface area (Å²) in [5, 5.41) is 10.4. The molecule has 2 aromatic carbocycles. The molecule has 69 heavy (non-hydrogen) atoms. The van der Waals surface area contributed by atoms with Gasteiger partial charge in [0.2, 0.25) is 11.8 Å². The number of likely N-dealkylation sites (tertiary alicyclic amines) is 1. The van der Waals surface area contributed by atoms with E-state index in [1.54, 1.807) is 18.5 Å². The van der Waals surface area contributed by atoms with Gasteiger partial charge in [0.05, 0.1) is 46.8 Å². The van der Waals surface area contributed by atoms with Crippen LogP contribution in [0.1, 0.15) is 68.9 Å². The van der Waals surface area contributed by atoms with Crippen LogP contribution in [0.2, 0.25) is 0 Å². The number of hydrogen-bond acceptors (Lipinski definition) is 12. The van der Waals surface area contributed by atoms with Crippen LogP contribution in [0.25, 0.3) is 11.2 Å². The summed E-state index contributed by atoms with van der Waals surface area (Å²) in [6.45, 7) is 7.49. The van der Waals surface area contributed by atoms with Crippen LogP contribution >= 0.6 is 0 Å². The van der Waals surface area contributed by atoms with Crippen LogP contribution in [-0.4, -0.2) is 152 Å². The Labute approximate surface area is 394 Å². The van der Waals surface area contributed by atoms with Crippen LogP contribution in [0.15, 0.2) is 66.0 Å². The van der Waals surface area contributed by atoms with E-state index in [1.807, 2.05) is 40.6 Å². The van der Waals surface area contributed by atoms with Crippen LogP contribution in [0.3, 0.4) is 0 Å². The summed E-state index contributed by atoms with van der Waals surface area (Å²) in [6, 6.07) is 9.79. The number of imidazole rings is 1. The number of amides is 4.